The number of aromatic nitrogens is 2. The fourth-order valence-electron chi connectivity index (χ4n) is 1.86. The number of halogens is 1. The zero-order chi connectivity index (χ0) is 11.5. The van der Waals surface area contributed by atoms with E-state index in [-0.39, 0.29) is 12.4 Å². The van der Waals surface area contributed by atoms with E-state index in [0.717, 1.165) is 36.2 Å². The molecule has 0 fully saturated rings. The molecule has 0 aliphatic heterocycles. The average Bonchev–Trinajstić information content (AvgIpc) is 2.58. The third-order valence-corrected chi connectivity index (χ3v) is 2.71. The molecule has 0 aliphatic rings. The molecular formula is C13H20ClN3. The third-order valence-electron chi connectivity index (χ3n) is 2.71. The minimum absolute atomic E-state index is 0. The van der Waals surface area contributed by atoms with Crippen molar-refractivity contribution in [3.63, 3.8) is 0 Å². The summed E-state index contributed by atoms with van der Waals surface area (Å²) in [5.41, 5.74) is 3.50. The van der Waals surface area contributed by atoms with E-state index in [1.807, 2.05) is 0 Å². The van der Waals surface area contributed by atoms with Gasteiger partial charge in [-0.1, -0.05) is 6.07 Å². The number of H-pyrrole nitrogens is 1. The third kappa shape index (κ3) is 3.72. The number of aromatic amines is 1. The molecule has 0 unspecified atom stereocenters. The van der Waals surface area contributed by atoms with Crippen LogP contribution in [0.15, 0.2) is 18.2 Å². The Kier molecular flexibility index (Phi) is 4.97. The number of fused-ring (bicyclic) bond motifs is 1. The van der Waals surface area contributed by atoms with Crippen molar-refractivity contribution in [1.29, 1.82) is 0 Å². The summed E-state index contributed by atoms with van der Waals surface area (Å²) in [4.78, 5) is 10.2. The summed E-state index contributed by atoms with van der Waals surface area (Å²) in [5, 5.41) is 0. The van der Waals surface area contributed by atoms with Gasteiger partial charge in [0.1, 0.15) is 5.82 Å². The van der Waals surface area contributed by atoms with Gasteiger partial charge in [0.25, 0.3) is 0 Å². The molecule has 1 N–H and O–H groups in total. The van der Waals surface area contributed by atoms with Gasteiger partial charge in [-0.05, 0) is 51.7 Å². The maximum atomic E-state index is 4.58. The highest BCUT2D eigenvalue weighted by atomic mass is 35.5. The number of aryl methyl sites for hydroxylation is 2. The molecule has 1 heterocycles. The van der Waals surface area contributed by atoms with Gasteiger partial charge < -0.3 is 9.88 Å². The second-order valence-corrected chi connectivity index (χ2v) is 4.61. The highest BCUT2D eigenvalue weighted by Gasteiger charge is 2.02. The number of imidazole rings is 1. The van der Waals surface area contributed by atoms with Gasteiger partial charge in [-0.3, -0.25) is 0 Å². The van der Waals surface area contributed by atoms with Gasteiger partial charge in [0.05, 0.1) is 11.0 Å². The van der Waals surface area contributed by atoms with Gasteiger partial charge >= 0.3 is 0 Å². The Balaban J connectivity index is 0.00000144. The van der Waals surface area contributed by atoms with Crippen LogP contribution in [0.25, 0.3) is 11.0 Å². The van der Waals surface area contributed by atoms with Gasteiger partial charge in [0.15, 0.2) is 0 Å². The molecular weight excluding hydrogens is 234 g/mol. The van der Waals surface area contributed by atoms with Crippen LogP contribution >= 0.6 is 12.4 Å². The van der Waals surface area contributed by atoms with Crippen molar-refractivity contribution < 1.29 is 0 Å². The van der Waals surface area contributed by atoms with Gasteiger partial charge in [-0.25, -0.2) is 4.98 Å². The summed E-state index contributed by atoms with van der Waals surface area (Å²) in [7, 11) is 4.20. The Hall–Kier alpha value is -1.06. The van der Waals surface area contributed by atoms with E-state index in [1.165, 1.54) is 5.56 Å². The van der Waals surface area contributed by atoms with Crippen molar-refractivity contribution in [3.8, 4) is 0 Å². The molecule has 3 nitrogen and oxygen atoms in total. The molecule has 0 saturated carbocycles. The lowest BCUT2D eigenvalue weighted by Crippen LogP contribution is -2.13. The first kappa shape index (κ1) is 14.0. The monoisotopic (exact) mass is 253 g/mol. The molecule has 94 valence electrons. The first-order chi connectivity index (χ1) is 7.65. The molecule has 0 spiro atoms. The van der Waals surface area contributed by atoms with Crippen LogP contribution in [-0.2, 0) is 6.42 Å². The van der Waals surface area contributed by atoms with Crippen molar-refractivity contribution in [1.82, 2.24) is 14.9 Å². The largest absolute Gasteiger partial charge is 0.342 e. The Morgan fingerprint density at radius 2 is 2.06 bits per heavy atom. The van der Waals surface area contributed by atoms with E-state index >= 15 is 0 Å². The number of nitrogens with one attached hydrogen (secondary N) is 1. The molecule has 0 amide bonds. The topological polar surface area (TPSA) is 31.9 Å². The predicted molar refractivity (Wildman–Crippen MR) is 75.0 cm³/mol. The van der Waals surface area contributed by atoms with E-state index in [9.17, 15) is 0 Å². The Labute approximate surface area is 109 Å². The van der Waals surface area contributed by atoms with Crippen molar-refractivity contribution in [2.24, 2.45) is 0 Å². The molecule has 0 radical (unpaired) electrons. The lowest BCUT2D eigenvalue weighted by Gasteiger charge is -2.07. The Morgan fingerprint density at radius 1 is 1.29 bits per heavy atom. The van der Waals surface area contributed by atoms with Crippen LogP contribution in [-0.4, -0.2) is 35.5 Å². The van der Waals surface area contributed by atoms with E-state index in [1.54, 1.807) is 0 Å². The molecule has 0 atom stereocenters. The fourth-order valence-corrected chi connectivity index (χ4v) is 1.86. The van der Waals surface area contributed by atoms with E-state index in [2.05, 4.69) is 54.1 Å². The summed E-state index contributed by atoms with van der Waals surface area (Å²) in [6.45, 7) is 3.21. The summed E-state index contributed by atoms with van der Waals surface area (Å²) in [5.74, 6) is 1.10. The number of nitrogens with zero attached hydrogens (tertiary/aromatic N) is 2. The maximum Gasteiger partial charge on any atom is 0.107 e. The molecule has 2 rings (SSSR count). The van der Waals surface area contributed by atoms with Gasteiger partial charge in [0.2, 0.25) is 0 Å². The van der Waals surface area contributed by atoms with E-state index in [0.29, 0.717) is 0 Å². The minimum atomic E-state index is 0. The Bertz CT molecular complexity index is 476. The first-order valence-corrected chi connectivity index (χ1v) is 5.75. The van der Waals surface area contributed by atoms with Crippen LogP contribution in [0.1, 0.15) is 17.8 Å². The highest BCUT2D eigenvalue weighted by molar-refractivity contribution is 5.85. The van der Waals surface area contributed by atoms with Crippen molar-refractivity contribution in [3.05, 3.63) is 29.6 Å². The molecule has 17 heavy (non-hydrogen) atoms. The molecule has 0 bridgehead atoms. The van der Waals surface area contributed by atoms with Crippen LogP contribution in [0.2, 0.25) is 0 Å². The molecule has 4 heteroatoms. The van der Waals surface area contributed by atoms with E-state index in [4.69, 9.17) is 0 Å². The van der Waals surface area contributed by atoms with Crippen LogP contribution in [0.3, 0.4) is 0 Å². The van der Waals surface area contributed by atoms with Crippen molar-refractivity contribution in [2.75, 3.05) is 20.6 Å². The lowest BCUT2D eigenvalue weighted by atomic mass is 10.2. The summed E-state index contributed by atoms with van der Waals surface area (Å²) in [6.07, 6.45) is 2.16. The lowest BCUT2D eigenvalue weighted by molar-refractivity contribution is 0.399. The van der Waals surface area contributed by atoms with Crippen molar-refractivity contribution in [2.45, 2.75) is 19.8 Å². The SMILES string of the molecule is Cc1ccc2nc(CCCN(C)C)[nH]c2c1.Cl. The maximum absolute atomic E-state index is 4.58. The molecule has 0 saturated heterocycles. The van der Waals surface area contributed by atoms with Gasteiger partial charge in [-0.2, -0.15) is 0 Å². The highest BCUT2D eigenvalue weighted by Crippen LogP contribution is 2.13. The van der Waals surface area contributed by atoms with Gasteiger partial charge in [0, 0.05) is 6.42 Å². The molecule has 1 aromatic carbocycles. The average molecular weight is 254 g/mol. The number of hydrogen-bond acceptors (Lipinski definition) is 2. The second kappa shape index (κ2) is 6.03. The number of benzene rings is 1. The van der Waals surface area contributed by atoms with E-state index < -0.39 is 0 Å². The second-order valence-electron chi connectivity index (χ2n) is 4.61. The fraction of sp³-hybridized carbons (Fsp3) is 0.462. The summed E-state index contributed by atoms with van der Waals surface area (Å²) in [6, 6.07) is 6.33. The predicted octanol–water partition coefficient (Wildman–Crippen LogP) is 2.79. The first-order valence-electron chi connectivity index (χ1n) is 5.75. The number of rotatable bonds is 4. The van der Waals surface area contributed by atoms with Crippen LogP contribution < -0.4 is 0 Å². The van der Waals surface area contributed by atoms with Crippen LogP contribution in [0, 0.1) is 6.92 Å². The van der Waals surface area contributed by atoms with Crippen LogP contribution in [0.5, 0.6) is 0 Å². The van der Waals surface area contributed by atoms with Crippen LogP contribution in [0.4, 0.5) is 0 Å². The zero-order valence-electron chi connectivity index (χ0n) is 10.7. The summed E-state index contributed by atoms with van der Waals surface area (Å²) < 4.78 is 0. The smallest absolute Gasteiger partial charge is 0.107 e. The molecule has 1 aromatic heterocycles. The standard InChI is InChI=1S/C13H19N3.ClH/c1-10-6-7-11-12(9-10)15-13(14-11)5-4-8-16(2)3;/h6-7,9H,4-5,8H2,1-3H3,(H,14,15);1H. The van der Waals surface area contributed by atoms with Gasteiger partial charge in [-0.15, -0.1) is 12.4 Å². The molecule has 0 aliphatic carbocycles. The Morgan fingerprint density at radius 3 is 2.76 bits per heavy atom. The zero-order valence-corrected chi connectivity index (χ0v) is 11.5. The van der Waals surface area contributed by atoms with Crippen molar-refractivity contribution >= 4 is 23.4 Å². The number of hydrogen-bond donors (Lipinski definition) is 1. The quantitative estimate of drug-likeness (QED) is 0.909. The molecule has 2 aromatic rings. The minimum Gasteiger partial charge on any atom is -0.342 e. The summed E-state index contributed by atoms with van der Waals surface area (Å²) >= 11 is 0. The normalized spacial score (nSPS) is 10.8.